The highest BCUT2D eigenvalue weighted by Gasteiger charge is 2.48. The first-order valence-electron chi connectivity index (χ1n) is 11.0. The van der Waals surface area contributed by atoms with Crippen LogP contribution >= 0.6 is 22.9 Å². The number of ketones is 1. The molecule has 3 aromatic rings. The summed E-state index contributed by atoms with van der Waals surface area (Å²) in [4.78, 5) is 44.9. The fourth-order valence-electron chi connectivity index (χ4n) is 4.04. The molecule has 186 valence electrons. The molecule has 1 N–H and O–H groups in total. The minimum absolute atomic E-state index is 0.0962. The van der Waals surface area contributed by atoms with Crippen molar-refractivity contribution in [1.82, 2.24) is 4.98 Å². The van der Waals surface area contributed by atoms with Crippen LogP contribution in [0.25, 0.3) is 5.76 Å². The highest BCUT2D eigenvalue weighted by molar-refractivity contribution is 7.17. The lowest BCUT2D eigenvalue weighted by molar-refractivity contribution is -0.132. The number of aliphatic hydroxyl groups excluding tert-OH is 1. The maximum atomic E-state index is 13.3. The topological polar surface area (TPSA) is 106 Å². The van der Waals surface area contributed by atoms with Gasteiger partial charge in [0.1, 0.15) is 16.4 Å². The number of Topliss-reactive ketones (excluding diaryl/α,β-unsaturated/α-hetero) is 1. The minimum Gasteiger partial charge on any atom is -0.507 e. The lowest BCUT2D eigenvalue weighted by atomic mass is 9.94. The molecule has 2 heterocycles. The SMILES string of the molecule is CCOC(=O)c1sc(N2C(=O)C(=O)/C(=C(/O)c3ccc(OC)cc3C)[C@@H]2c2ccc(Cl)cc2)nc1C. The molecule has 4 rings (SSSR count). The predicted molar refractivity (Wildman–Crippen MR) is 137 cm³/mol. The van der Waals surface area contributed by atoms with Crippen molar-refractivity contribution in [3.05, 3.63) is 80.3 Å². The number of aromatic nitrogens is 1. The Morgan fingerprint density at radius 2 is 1.86 bits per heavy atom. The maximum absolute atomic E-state index is 13.3. The maximum Gasteiger partial charge on any atom is 0.350 e. The Labute approximate surface area is 216 Å². The van der Waals surface area contributed by atoms with Gasteiger partial charge in [0.15, 0.2) is 5.13 Å². The number of carbonyl (C=O) groups excluding carboxylic acids is 3. The van der Waals surface area contributed by atoms with Crippen molar-refractivity contribution in [2.24, 2.45) is 0 Å². The molecule has 0 saturated carbocycles. The van der Waals surface area contributed by atoms with Gasteiger partial charge < -0.3 is 14.6 Å². The number of ether oxygens (including phenoxy) is 2. The fourth-order valence-corrected chi connectivity index (χ4v) is 5.15. The minimum atomic E-state index is -0.996. The number of amides is 1. The van der Waals surface area contributed by atoms with Crippen LogP contribution in [0.3, 0.4) is 0 Å². The van der Waals surface area contributed by atoms with E-state index in [1.54, 1.807) is 63.2 Å². The highest BCUT2D eigenvalue weighted by Crippen LogP contribution is 2.44. The molecule has 1 aromatic heterocycles. The Balaban J connectivity index is 1.92. The largest absolute Gasteiger partial charge is 0.507 e. The van der Waals surface area contributed by atoms with Crippen LogP contribution in [0.15, 0.2) is 48.0 Å². The monoisotopic (exact) mass is 526 g/mol. The molecule has 1 amide bonds. The zero-order valence-electron chi connectivity index (χ0n) is 20.0. The third-order valence-electron chi connectivity index (χ3n) is 5.77. The number of rotatable bonds is 6. The molecule has 1 aliphatic heterocycles. The second-order valence-corrected chi connectivity index (χ2v) is 9.45. The fraction of sp³-hybridized carbons (Fsp3) is 0.231. The number of hydrogen-bond acceptors (Lipinski definition) is 8. The second-order valence-electron chi connectivity index (χ2n) is 8.03. The molecule has 36 heavy (non-hydrogen) atoms. The first kappa shape index (κ1) is 25.4. The third kappa shape index (κ3) is 4.47. The van der Waals surface area contributed by atoms with Crippen LogP contribution in [0.2, 0.25) is 5.02 Å². The van der Waals surface area contributed by atoms with Crippen LogP contribution in [0.1, 0.15) is 45.0 Å². The summed E-state index contributed by atoms with van der Waals surface area (Å²) < 4.78 is 10.3. The van der Waals surface area contributed by atoms with Gasteiger partial charge >= 0.3 is 11.9 Å². The summed E-state index contributed by atoms with van der Waals surface area (Å²) in [6.45, 7) is 5.26. The number of nitrogens with zero attached hydrogens (tertiary/aromatic N) is 2. The second kappa shape index (κ2) is 10.1. The van der Waals surface area contributed by atoms with Gasteiger partial charge in [-0.3, -0.25) is 14.5 Å². The normalized spacial score (nSPS) is 16.9. The molecular formula is C26H23ClN2O6S. The quantitative estimate of drug-likeness (QED) is 0.203. The molecule has 0 unspecified atom stereocenters. The number of thiazole rings is 1. The van der Waals surface area contributed by atoms with Crippen molar-refractivity contribution in [3.8, 4) is 5.75 Å². The van der Waals surface area contributed by atoms with E-state index < -0.39 is 23.7 Å². The van der Waals surface area contributed by atoms with E-state index in [0.717, 1.165) is 11.3 Å². The van der Waals surface area contributed by atoms with Gasteiger partial charge in [0.05, 0.1) is 31.0 Å². The number of anilines is 1. The molecule has 0 bridgehead atoms. The van der Waals surface area contributed by atoms with Crippen LogP contribution in [-0.2, 0) is 14.3 Å². The molecule has 2 aromatic carbocycles. The third-order valence-corrected chi connectivity index (χ3v) is 7.16. The number of hydrogen-bond donors (Lipinski definition) is 1. The van der Waals surface area contributed by atoms with Crippen molar-refractivity contribution in [2.75, 3.05) is 18.6 Å². The van der Waals surface area contributed by atoms with E-state index in [2.05, 4.69) is 4.98 Å². The van der Waals surface area contributed by atoms with Gasteiger partial charge in [-0.05, 0) is 62.2 Å². The Morgan fingerprint density at radius 3 is 2.47 bits per heavy atom. The van der Waals surface area contributed by atoms with E-state index in [1.165, 1.54) is 12.0 Å². The van der Waals surface area contributed by atoms with Gasteiger partial charge in [-0.2, -0.15) is 0 Å². The molecule has 1 aliphatic rings. The standard InChI is InChI=1S/C26H23ClN2O6S/c1-5-35-25(33)23-14(3)28-26(36-23)29-20(15-6-8-16(27)9-7-15)19(22(31)24(29)32)21(30)18-11-10-17(34-4)12-13(18)2/h6-12,20,30H,5H2,1-4H3/b21-19+/t20-/m0/s1. The smallest absolute Gasteiger partial charge is 0.350 e. The molecule has 0 aliphatic carbocycles. The summed E-state index contributed by atoms with van der Waals surface area (Å²) in [6, 6.07) is 10.6. The molecule has 8 nitrogen and oxygen atoms in total. The highest BCUT2D eigenvalue weighted by atomic mass is 35.5. The average Bonchev–Trinajstić information content (AvgIpc) is 3.36. The Morgan fingerprint density at radius 1 is 1.17 bits per heavy atom. The van der Waals surface area contributed by atoms with Crippen molar-refractivity contribution >= 4 is 51.5 Å². The molecule has 1 saturated heterocycles. The van der Waals surface area contributed by atoms with Gasteiger partial charge in [0.2, 0.25) is 0 Å². The molecule has 1 atom stereocenters. The Kier molecular flexibility index (Phi) is 7.14. The predicted octanol–water partition coefficient (Wildman–Crippen LogP) is 5.22. The first-order chi connectivity index (χ1) is 17.2. The van der Waals surface area contributed by atoms with Crippen molar-refractivity contribution in [3.63, 3.8) is 0 Å². The van der Waals surface area contributed by atoms with Crippen molar-refractivity contribution < 1.29 is 29.0 Å². The zero-order valence-corrected chi connectivity index (χ0v) is 21.6. The summed E-state index contributed by atoms with van der Waals surface area (Å²) in [7, 11) is 1.53. The Hall–Kier alpha value is -3.69. The summed E-state index contributed by atoms with van der Waals surface area (Å²) >= 11 is 7.03. The zero-order chi connectivity index (χ0) is 26.1. The van der Waals surface area contributed by atoms with Gasteiger partial charge in [-0.15, -0.1) is 0 Å². The number of aryl methyl sites for hydroxylation is 2. The number of esters is 1. The van der Waals surface area contributed by atoms with Gasteiger partial charge in [-0.25, -0.2) is 9.78 Å². The summed E-state index contributed by atoms with van der Waals surface area (Å²) in [5, 5.41) is 12.0. The van der Waals surface area contributed by atoms with Crippen LogP contribution in [0.4, 0.5) is 5.13 Å². The van der Waals surface area contributed by atoms with E-state index in [-0.39, 0.29) is 27.9 Å². The Bertz CT molecular complexity index is 1400. The summed E-state index contributed by atoms with van der Waals surface area (Å²) in [5.74, 6) is -2.04. The number of aliphatic hydroxyl groups is 1. The van der Waals surface area contributed by atoms with E-state index >= 15 is 0 Å². The van der Waals surface area contributed by atoms with E-state index in [4.69, 9.17) is 21.1 Å². The lowest BCUT2D eigenvalue weighted by Gasteiger charge is -2.23. The van der Waals surface area contributed by atoms with Crippen molar-refractivity contribution in [1.29, 1.82) is 0 Å². The molecule has 0 radical (unpaired) electrons. The van der Waals surface area contributed by atoms with Gasteiger partial charge in [-0.1, -0.05) is 35.1 Å². The molecule has 10 heteroatoms. The number of benzene rings is 2. The van der Waals surface area contributed by atoms with Crippen molar-refractivity contribution in [2.45, 2.75) is 26.8 Å². The number of methoxy groups -OCH3 is 1. The van der Waals surface area contributed by atoms with Crippen LogP contribution in [0, 0.1) is 13.8 Å². The average molecular weight is 527 g/mol. The molecular weight excluding hydrogens is 504 g/mol. The van der Waals surface area contributed by atoms with Crippen LogP contribution in [0.5, 0.6) is 5.75 Å². The number of carbonyl (C=O) groups is 3. The first-order valence-corrected chi connectivity index (χ1v) is 12.2. The number of halogens is 1. The lowest BCUT2D eigenvalue weighted by Crippen LogP contribution is -2.29. The molecule has 0 spiro atoms. The van der Waals surface area contributed by atoms with E-state index in [9.17, 15) is 19.5 Å². The van der Waals surface area contributed by atoms with Crippen LogP contribution < -0.4 is 9.64 Å². The van der Waals surface area contributed by atoms with E-state index in [1.807, 2.05) is 0 Å². The summed E-state index contributed by atoms with van der Waals surface area (Å²) in [5.41, 5.74) is 1.85. The van der Waals surface area contributed by atoms with E-state index in [0.29, 0.717) is 33.2 Å². The van der Waals surface area contributed by atoms with Gasteiger partial charge in [0.25, 0.3) is 5.78 Å². The van der Waals surface area contributed by atoms with Crippen LogP contribution in [-0.4, -0.2) is 41.5 Å². The molecule has 1 fully saturated rings. The summed E-state index contributed by atoms with van der Waals surface area (Å²) in [6.07, 6.45) is 0. The van der Waals surface area contributed by atoms with Gasteiger partial charge in [0, 0.05) is 10.6 Å².